The first kappa shape index (κ1) is 17.6. The summed E-state index contributed by atoms with van der Waals surface area (Å²) in [7, 11) is 0. The van der Waals surface area contributed by atoms with E-state index in [2.05, 4.69) is 66.0 Å². The molecule has 1 N–H and O–H groups in total. The molecule has 0 saturated heterocycles. The van der Waals surface area contributed by atoms with Gasteiger partial charge in [-0.15, -0.1) is 0 Å². The van der Waals surface area contributed by atoms with Gasteiger partial charge in [-0.1, -0.05) is 32.0 Å². The Morgan fingerprint density at radius 1 is 1.00 bits per heavy atom. The lowest BCUT2D eigenvalue weighted by molar-refractivity contribution is 0.865. The van der Waals surface area contributed by atoms with Crippen molar-refractivity contribution in [2.75, 3.05) is 4.72 Å². The normalized spacial score (nSPS) is 11.3. The number of fused-ring (bicyclic) bond motifs is 1. The van der Waals surface area contributed by atoms with Crippen LogP contribution in [0.15, 0.2) is 71.8 Å². The summed E-state index contributed by atoms with van der Waals surface area (Å²) in [5.74, 6) is 1.49. The van der Waals surface area contributed by atoms with Gasteiger partial charge in [0, 0.05) is 22.5 Å². The van der Waals surface area contributed by atoms with E-state index in [-0.39, 0.29) is 0 Å². The van der Waals surface area contributed by atoms with E-state index in [1.165, 1.54) is 10.5 Å². The van der Waals surface area contributed by atoms with E-state index in [9.17, 15) is 0 Å². The molecule has 0 aliphatic heterocycles. The molecule has 0 saturated carbocycles. The van der Waals surface area contributed by atoms with Gasteiger partial charge in [0.1, 0.15) is 5.82 Å². The molecule has 0 atom stereocenters. The van der Waals surface area contributed by atoms with Gasteiger partial charge in [0.2, 0.25) is 0 Å². The van der Waals surface area contributed by atoms with Crippen molar-refractivity contribution in [3.05, 3.63) is 78.1 Å². The van der Waals surface area contributed by atoms with Gasteiger partial charge < -0.3 is 4.72 Å². The van der Waals surface area contributed by atoms with E-state index in [0.717, 1.165) is 28.1 Å². The molecule has 2 heterocycles. The van der Waals surface area contributed by atoms with Crippen molar-refractivity contribution in [2.24, 2.45) is 0 Å². The van der Waals surface area contributed by atoms with Crippen LogP contribution in [0.5, 0.6) is 0 Å². The summed E-state index contributed by atoms with van der Waals surface area (Å²) in [6.07, 6.45) is 1.82. The average Bonchev–Trinajstić information content (AvgIpc) is 3.06. The third-order valence-electron chi connectivity index (χ3n) is 4.50. The van der Waals surface area contributed by atoms with Crippen LogP contribution in [-0.2, 0) is 0 Å². The van der Waals surface area contributed by atoms with E-state index < -0.39 is 0 Å². The first-order valence-electron chi connectivity index (χ1n) is 9.05. The second-order valence-corrected chi connectivity index (χ2v) is 7.74. The fourth-order valence-electron chi connectivity index (χ4n) is 3.06. The molecule has 0 spiro atoms. The highest BCUT2D eigenvalue weighted by atomic mass is 32.2. The number of rotatable bonds is 5. The lowest BCUT2D eigenvalue weighted by Gasteiger charge is -2.12. The van der Waals surface area contributed by atoms with Crippen molar-refractivity contribution in [3.63, 3.8) is 0 Å². The second-order valence-electron chi connectivity index (χ2n) is 6.86. The Labute approximate surface area is 163 Å². The molecule has 0 fully saturated rings. The van der Waals surface area contributed by atoms with Crippen molar-refractivity contribution in [1.82, 2.24) is 14.8 Å². The number of aryl methyl sites for hydroxylation is 1. The number of benzene rings is 2. The Hall–Kier alpha value is -2.79. The van der Waals surface area contributed by atoms with Crippen molar-refractivity contribution < 1.29 is 0 Å². The second kappa shape index (κ2) is 7.45. The number of pyridine rings is 1. The van der Waals surface area contributed by atoms with E-state index >= 15 is 0 Å². The molecule has 0 unspecified atom stereocenters. The molecule has 2 aromatic heterocycles. The van der Waals surface area contributed by atoms with E-state index in [0.29, 0.717) is 5.92 Å². The van der Waals surface area contributed by atoms with E-state index in [4.69, 9.17) is 5.10 Å². The number of nitrogens with one attached hydrogen (secondary N) is 1. The van der Waals surface area contributed by atoms with Crippen LogP contribution < -0.4 is 4.72 Å². The number of hydrogen-bond acceptors (Lipinski definition) is 4. The van der Waals surface area contributed by atoms with Crippen LogP contribution in [-0.4, -0.2) is 14.8 Å². The molecule has 27 heavy (non-hydrogen) atoms. The molecule has 0 amide bonds. The minimum atomic E-state index is 0.543. The molecule has 136 valence electrons. The standard InChI is InChI=1S/C22H22N4S/c1-15(2)17-9-11-18(12-10-17)27-25-22-14-16(3)24-26(22)21-8-4-7-20-19(21)6-5-13-23-20/h4-15,25H,1-3H3. The molecule has 4 rings (SSSR count). The molecular weight excluding hydrogens is 352 g/mol. The van der Waals surface area contributed by atoms with Gasteiger partial charge in [0.25, 0.3) is 0 Å². The predicted octanol–water partition coefficient (Wildman–Crippen LogP) is 5.97. The van der Waals surface area contributed by atoms with Gasteiger partial charge >= 0.3 is 0 Å². The highest BCUT2D eigenvalue weighted by molar-refractivity contribution is 8.00. The summed E-state index contributed by atoms with van der Waals surface area (Å²) in [6, 6.07) is 20.9. The summed E-state index contributed by atoms with van der Waals surface area (Å²) in [5, 5.41) is 5.77. The monoisotopic (exact) mass is 374 g/mol. The fourth-order valence-corrected chi connectivity index (χ4v) is 3.70. The Morgan fingerprint density at radius 2 is 1.81 bits per heavy atom. The molecule has 0 bridgehead atoms. The van der Waals surface area contributed by atoms with Gasteiger partial charge in [-0.25, -0.2) is 4.68 Å². The van der Waals surface area contributed by atoms with Crippen molar-refractivity contribution in [2.45, 2.75) is 31.6 Å². The fraction of sp³-hybridized carbons (Fsp3) is 0.182. The van der Waals surface area contributed by atoms with E-state index in [1.807, 2.05) is 36.0 Å². The quantitative estimate of drug-likeness (QED) is 0.437. The maximum Gasteiger partial charge on any atom is 0.140 e. The molecule has 0 radical (unpaired) electrons. The van der Waals surface area contributed by atoms with Crippen LogP contribution in [0.4, 0.5) is 5.82 Å². The molecule has 5 heteroatoms. The first-order chi connectivity index (χ1) is 13.1. The highest BCUT2D eigenvalue weighted by Crippen LogP contribution is 2.28. The van der Waals surface area contributed by atoms with Crippen LogP contribution in [0.1, 0.15) is 31.0 Å². The van der Waals surface area contributed by atoms with Crippen molar-refractivity contribution in [3.8, 4) is 5.69 Å². The maximum absolute atomic E-state index is 4.69. The van der Waals surface area contributed by atoms with Gasteiger partial charge in [0.15, 0.2) is 0 Å². The maximum atomic E-state index is 4.69. The van der Waals surface area contributed by atoms with Crippen LogP contribution in [0.2, 0.25) is 0 Å². The van der Waals surface area contributed by atoms with Crippen LogP contribution >= 0.6 is 11.9 Å². The molecule has 0 aliphatic carbocycles. The molecule has 0 aliphatic rings. The van der Waals surface area contributed by atoms with Gasteiger partial charge in [-0.05, 0) is 66.8 Å². The zero-order chi connectivity index (χ0) is 18.8. The largest absolute Gasteiger partial charge is 0.310 e. The van der Waals surface area contributed by atoms with Crippen molar-refractivity contribution in [1.29, 1.82) is 0 Å². The first-order valence-corrected chi connectivity index (χ1v) is 9.87. The SMILES string of the molecule is Cc1cc(NSc2ccc(C(C)C)cc2)n(-c2cccc3ncccc23)n1. The Bertz CT molecular complexity index is 1060. The predicted molar refractivity (Wildman–Crippen MR) is 114 cm³/mol. The zero-order valence-electron chi connectivity index (χ0n) is 15.7. The lowest BCUT2D eigenvalue weighted by atomic mass is 10.0. The van der Waals surface area contributed by atoms with Crippen LogP contribution in [0.25, 0.3) is 16.6 Å². The van der Waals surface area contributed by atoms with Gasteiger partial charge in [0.05, 0.1) is 16.9 Å². The van der Waals surface area contributed by atoms with E-state index in [1.54, 1.807) is 11.9 Å². The third-order valence-corrected chi connectivity index (χ3v) is 5.32. The smallest absolute Gasteiger partial charge is 0.140 e. The minimum Gasteiger partial charge on any atom is -0.310 e. The summed E-state index contributed by atoms with van der Waals surface area (Å²) in [4.78, 5) is 5.62. The number of nitrogens with zero attached hydrogens (tertiary/aromatic N) is 3. The average molecular weight is 375 g/mol. The summed E-state index contributed by atoms with van der Waals surface area (Å²) < 4.78 is 5.41. The Balaban J connectivity index is 1.63. The van der Waals surface area contributed by atoms with Crippen molar-refractivity contribution >= 4 is 28.7 Å². The molecule has 4 nitrogen and oxygen atoms in total. The Morgan fingerprint density at radius 3 is 2.59 bits per heavy atom. The molecule has 4 aromatic rings. The van der Waals surface area contributed by atoms with Crippen LogP contribution in [0.3, 0.4) is 0 Å². The van der Waals surface area contributed by atoms with Crippen LogP contribution in [0, 0.1) is 6.92 Å². The lowest BCUT2D eigenvalue weighted by Crippen LogP contribution is -2.02. The molecular formula is C22H22N4S. The highest BCUT2D eigenvalue weighted by Gasteiger charge is 2.11. The summed E-state index contributed by atoms with van der Waals surface area (Å²) >= 11 is 1.60. The third kappa shape index (κ3) is 3.69. The Kier molecular flexibility index (Phi) is 4.86. The van der Waals surface area contributed by atoms with Gasteiger partial charge in [-0.3, -0.25) is 4.98 Å². The summed E-state index contributed by atoms with van der Waals surface area (Å²) in [5.41, 5.74) is 4.30. The number of hydrogen-bond donors (Lipinski definition) is 1. The summed E-state index contributed by atoms with van der Waals surface area (Å²) in [6.45, 7) is 6.43. The number of aromatic nitrogens is 3. The minimum absolute atomic E-state index is 0.543. The zero-order valence-corrected chi connectivity index (χ0v) is 16.5. The van der Waals surface area contributed by atoms with Gasteiger partial charge in [-0.2, -0.15) is 5.10 Å². The number of anilines is 1. The topological polar surface area (TPSA) is 42.7 Å². The molecule has 2 aromatic carbocycles.